The Morgan fingerprint density at radius 3 is 2.75 bits per heavy atom. The van der Waals surface area contributed by atoms with Gasteiger partial charge >= 0.3 is 0 Å². The minimum absolute atomic E-state index is 0.177. The van der Waals surface area contributed by atoms with Crippen molar-refractivity contribution < 1.29 is 13.9 Å². The molecule has 1 aromatic rings. The maximum absolute atomic E-state index is 13.4. The number of hydrogen-bond donors (Lipinski definition) is 2. The Labute approximate surface area is 118 Å². The van der Waals surface area contributed by atoms with Gasteiger partial charge in [0.15, 0.2) is 0 Å². The van der Waals surface area contributed by atoms with Crippen molar-refractivity contribution in [3.8, 4) is 0 Å². The van der Waals surface area contributed by atoms with Crippen LogP contribution in [0.2, 0.25) is 0 Å². The van der Waals surface area contributed by atoms with Gasteiger partial charge in [-0.25, -0.2) is 4.39 Å². The summed E-state index contributed by atoms with van der Waals surface area (Å²) in [4.78, 5) is 11.7. The first-order valence-corrected chi connectivity index (χ1v) is 6.92. The Hall–Kier alpha value is -1.46. The van der Waals surface area contributed by atoms with Gasteiger partial charge in [0.2, 0.25) is 5.91 Å². The van der Waals surface area contributed by atoms with E-state index in [1.165, 1.54) is 6.07 Å². The van der Waals surface area contributed by atoms with Crippen LogP contribution in [0.25, 0.3) is 0 Å². The van der Waals surface area contributed by atoms with E-state index >= 15 is 0 Å². The van der Waals surface area contributed by atoms with Crippen molar-refractivity contribution in [2.24, 2.45) is 5.41 Å². The number of para-hydroxylation sites is 1. The van der Waals surface area contributed by atoms with Crippen LogP contribution in [0.15, 0.2) is 24.3 Å². The maximum atomic E-state index is 13.4. The number of carbonyl (C=O) groups excluding carboxylic acids is 1. The lowest BCUT2D eigenvalue weighted by Crippen LogP contribution is -2.39. The van der Waals surface area contributed by atoms with Crippen molar-refractivity contribution in [3.63, 3.8) is 0 Å². The van der Waals surface area contributed by atoms with Gasteiger partial charge in [-0.15, -0.1) is 0 Å². The highest BCUT2D eigenvalue weighted by molar-refractivity contribution is 5.92. The maximum Gasteiger partial charge on any atom is 0.238 e. The van der Waals surface area contributed by atoms with Crippen molar-refractivity contribution in [3.05, 3.63) is 30.1 Å². The third-order valence-electron chi connectivity index (χ3n) is 3.69. The summed E-state index contributed by atoms with van der Waals surface area (Å²) in [5, 5.41) is 5.70. The zero-order valence-corrected chi connectivity index (χ0v) is 11.7. The van der Waals surface area contributed by atoms with E-state index in [9.17, 15) is 9.18 Å². The summed E-state index contributed by atoms with van der Waals surface area (Å²) in [5.41, 5.74) is 0.396. The third kappa shape index (κ3) is 4.28. The normalized spacial score (nSPS) is 17.7. The zero-order chi connectivity index (χ0) is 14.4. The number of nitrogens with one attached hydrogen (secondary N) is 2. The van der Waals surface area contributed by atoms with Crippen LogP contribution in [0.5, 0.6) is 0 Å². The van der Waals surface area contributed by atoms with E-state index < -0.39 is 5.82 Å². The highest BCUT2D eigenvalue weighted by Crippen LogP contribution is 2.28. The molecule has 0 bridgehead atoms. The minimum atomic E-state index is -0.419. The van der Waals surface area contributed by atoms with Crippen LogP contribution < -0.4 is 10.6 Å². The first-order valence-electron chi connectivity index (χ1n) is 6.92. The lowest BCUT2D eigenvalue weighted by atomic mass is 9.82. The van der Waals surface area contributed by atoms with Gasteiger partial charge in [0, 0.05) is 19.8 Å². The molecule has 0 aromatic heterocycles. The number of benzene rings is 1. The number of hydrogen-bond acceptors (Lipinski definition) is 3. The van der Waals surface area contributed by atoms with E-state index in [1.54, 1.807) is 18.2 Å². The monoisotopic (exact) mass is 280 g/mol. The van der Waals surface area contributed by atoms with Crippen molar-refractivity contribution in [2.45, 2.75) is 19.8 Å². The number of amides is 1. The first-order chi connectivity index (χ1) is 9.59. The molecule has 2 rings (SSSR count). The van der Waals surface area contributed by atoms with Gasteiger partial charge in [0.1, 0.15) is 5.82 Å². The smallest absolute Gasteiger partial charge is 0.238 e. The largest absolute Gasteiger partial charge is 0.381 e. The summed E-state index contributed by atoms with van der Waals surface area (Å²) in [6, 6.07) is 6.16. The van der Waals surface area contributed by atoms with Crippen LogP contribution >= 0.6 is 0 Å². The Morgan fingerprint density at radius 1 is 1.35 bits per heavy atom. The van der Waals surface area contributed by atoms with Gasteiger partial charge in [0.05, 0.1) is 12.2 Å². The van der Waals surface area contributed by atoms with E-state index in [1.807, 2.05) is 0 Å². The minimum Gasteiger partial charge on any atom is -0.381 e. The molecule has 0 radical (unpaired) electrons. The lowest BCUT2D eigenvalue weighted by Gasteiger charge is -2.33. The second-order valence-corrected chi connectivity index (χ2v) is 5.55. The average Bonchev–Trinajstić information content (AvgIpc) is 2.42. The van der Waals surface area contributed by atoms with Gasteiger partial charge in [0.25, 0.3) is 0 Å². The van der Waals surface area contributed by atoms with Crippen LogP contribution in [-0.4, -0.2) is 32.2 Å². The van der Waals surface area contributed by atoms with Crippen LogP contribution in [0, 0.1) is 11.2 Å². The standard InChI is InChI=1S/C15H21FN2O2/c1-15(6-8-20-9-7-15)11-17-10-14(19)18-13-5-3-2-4-12(13)16/h2-5,17H,6-11H2,1H3,(H,18,19). The molecule has 110 valence electrons. The molecule has 0 unspecified atom stereocenters. The molecule has 1 aliphatic heterocycles. The molecule has 4 nitrogen and oxygen atoms in total. The van der Waals surface area contributed by atoms with Crippen LogP contribution in [0.4, 0.5) is 10.1 Å². The lowest BCUT2D eigenvalue weighted by molar-refractivity contribution is -0.115. The molecule has 1 aliphatic rings. The van der Waals surface area contributed by atoms with E-state index in [0.717, 1.165) is 32.6 Å². The predicted octanol–water partition coefficient (Wildman–Crippen LogP) is 2.17. The van der Waals surface area contributed by atoms with E-state index in [2.05, 4.69) is 17.6 Å². The highest BCUT2D eigenvalue weighted by Gasteiger charge is 2.26. The number of ether oxygens (including phenoxy) is 1. The fourth-order valence-corrected chi connectivity index (χ4v) is 2.28. The Balaban J connectivity index is 1.74. The molecule has 0 spiro atoms. The molecule has 20 heavy (non-hydrogen) atoms. The summed E-state index contributed by atoms with van der Waals surface area (Å²) < 4.78 is 18.7. The first kappa shape index (κ1) is 14.9. The predicted molar refractivity (Wildman–Crippen MR) is 76.1 cm³/mol. The molecule has 0 saturated carbocycles. The summed E-state index contributed by atoms with van der Waals surface area (Å²) in [7, 11) is 0. The number of halogens is 1. The second kappa shape index (κ2) is 6.81. The Kier molecular flexibility index (Phi) is 5.09. The van der Waals surface area contributed by atoms with E-state index in [-0.39, 0.29) is 23.6 Å². The average molecular weight is 280 g/mol. The molecule has 1 saturated heterocycles. The summed E-state index contributed by atoms with van der Waals surface area (Å²) >= 11 is 0. The summed E-state index contributed by atoms with van der Waals surface area (Å²) in [5.74, 6) is -0.650. The van der Waals surface area contributed by atoms with Gasteiger partial charge in [-0.1, -0.05) is 19.1 Å². The summed E-state index contributed by atoms with van der Waals surface area (Å²) in [6.45, 7) is 4.70. The van der Waals surface area contributed by atoms with E-state index in [4.69, 9.17) is 4.74 Å². The molecule has 1 aromatic carbocycles. The molecular formula is C15H21FN2O2. The fraction of sp³-hybridized carbons (Fsp3) is 0.533. The van der Waals surface area contributed by atoms with Crippen LogP contribution in [-0.2, 0) is 9.53 Å². The topological polar surface area (TPSA) is 50.4 Å². The molecular weight excluding hydrogens is 259 g/mol. The number of anilines is 1. The molecule has 1 amide bonds. The molecule has 5 heteroatoms. The third-order valence-corrected chi connectivity index (χ3v) is 3.69. The second-order valence-electron chi connectivity index (χ2n) is 5.55. The Bertz CT molecular complexity index is 459. The molecule has 0 aliphatic carbocycles. The number of rotatable bonds is 5. The van der Waals surface area contributed by atoms with E-state index in [0.29, 0.717) is 0 Å². The zero-order valence-electron chi connectivity index (χ0n) is 11.7. The molecule has 2 N–H and O–H groups in total. The van der Waals surface area contributed by atoms with Crippen LogP contribution in [0.3, 0.4) is 0 Å². The number of carbonyl (C=O) groups is 1. The van der Waals surface area contributed by atoms with Crippen molar-refractivity contribution >= 4 is 11.6 Å². The van der Waals surface area contributed by atoms with Gasteiger partial charge in [-0.2, -0.15) is 0 Å². The van der Waals surface area contributed by atoms with Crippen molar-refractivity contribution in [2.75, 3.05) is 31.6 Å². The van der Waals surface area contributed by atoms with Gasteiger partial charge in [-0.05, 0) is 30.4 Å². The summed E-state index contributed by atoms with van der Waals surface area (Å²) in [6.07, 6.45) is 1.99. The van der Waals surface area contributed by atoms with Crippen molar-refractivity contribution in [1.29, 1.82) is 0 Å². The quantitative estimate of drug-likeness (QED) is 0.869. The fourth-order valence-electron chi connectivity index (χ4n) is 2.28. The van der Waals surface area contributed by atoms with Crippen molar-refractivity contribution in [1.82, 2.24) is 5.32 Å². The van der Waals surface area contributed by atoms with Gasteiger partial charge < -0.3 is 15.4 Å². The van der Waals surface area contributed by atoms with Gasteiger partial charge in [-0.3, -0.25) is 4.79 Å². The molecule has 1 fully saturated rings. The highest BCUT2D eigenvalue weighted by atomic mass is 19.1. The van der Waals surface area contributed by atoms with Crippen LogP contribution in [0.1, 0.15) is 19.8 Å². The Morgan fingerprint density at radius 2 is 2.05 bits per heavy atom. The molecule has 1 heterocycles. The molecule has 0 atom stereocenters. The SMILES string of the molecule is CC1(CNCC(=O)Nc2ccccc2F)CCOCC1.